The lowest BCUT2D eigenvalue weighted by Crippen LogP contribution is -2.59. The van der Waals surface area contributed by atoms with Crippen molar-refractivity contribution in [2.45, 2.75) is 78.1 Å². The molecule has 0 spiro atoms. The second-order valence-electron chi connectivity index (χ2n) is 12.5. The molecule has 2 aromatic rings. The summed E-state index contributed by atoms with van der Waals surface area (Å²) >= 11 is 0. The molecule has 0 bridgehead atoms. The van der Waals surface area contributed by atoms with E-state index in [1.807, 2.05) is 12.2 Å². The number of alkyl carbamates (subject to hydrolysis) is 1. The summed E-state index contributed by atoms with van der Waals surface area (Å²) in [6.07, 6.45) is 8.81. The van der Waals surface area contributed by atoms with Gasteiger partial charge in [-0.1, -0.05) is 37.3 Å². The second kappa shape index (κ2) is 15.7. The second-order valence-corrected chi connectivity index (χ2v) is 12.5. The highest BCUT2D eigenvalue weighted by atomic mass is 19.1. The molecule has 3 rings (SSSR count). The molecule has 1 aromatic carbocycles. The van der Waals surface area contributed by atoms with Crippen molar-refractivity contribution in [1.29, 1.82) is 0 Å². The van der Waals surface area contributed by atoms with Gasteiger partial charge in [-0.3, -0.25) is 9.59 Å². The maximum Gasteiger partial charge on any atom is 0.408 e. The number of nitrogens with one attached hydrogen (secondary N) is 3. The Morgan fingerprint density at radius 3 is 2.43 bits per heavy atom. The zero-order valence-electron chi connectivity index (χ0n) is 27.4. The Balaban J connectivity index is 1.79. The molecule has 0 fully saturated rings. The van der Waals surface area contributed by atoms with Crippen LogP contribution >= 0.6 is 0 Å². The molecule has 0 radical (unpaired) electrons. The number of ether oxygens (including phenoxy) is 3. The van der Waals surface area contributed by atoms with E-state index in [-0.39, 0.29) is 31.6 Å². The molecule has 3 unspecified atom stereocenters. The Morgan fingerprint density at radius 2 is 1.80 bits per heavy atom. The maximum atomic E-state index is 13.6. The first-order valence-corrected chi connectivity index (χ1v) is 15.1. The van der Waals surface area contributed by atoms with Crippen molar-refractivity contribution < 1.29 is 37.8 Å². The maximum absolute atomic E-state index is 13.6. The van der Waals surface area contributed by atoms with E-state index in [1.54, 1.807) is 27.7 Å². The van der Waals surface area contributed by atoms with Gasteiger partial charge < -0.3 is 34.7 Å². The summed E-state index contributed by atoms with van der Waals surface area (Å²) in [6, 6.07) is 3.21. The van der Waals surface area contributed by atoms with Gasteiger partial charge in [0.05, 0.1) is 26.1 Å². The Hall–Kier alpha value is -4.52. The average molecular weight is 642 g/mol. The number of hydrogen-bond acceptors (Lipinski definition) is 8. The number of allylic oxidation sites excluding steroid dienone is 3. The zero-order valence-corrected chi connectivity index (χ0v) is 27.4. The van der Waals surface area contributed by atoms with Gasteiger partial charge in [0.25, 0.3) is 5.91 Å². The van der Waals surface area contributed by atoms with Crippen LogP contribution in [-0.2, 0) is 28.6 Å². The zero-order chi connectivity index (χ0) is 34.1. The predicted molar refractivity (Wildman–Crippen MR) is 169 cm³/mol. The van der Waals surface area contributed by atoms with Gasteiger partial charge in [-0.05, 0) is 77.2 Å². The molecule has 1 aliphatic carbocycles. The minimum Gasteiger partial charge on any atom is -0.464 e. The Labute approximate surface area is 268 Å². The smallest absolute Gasteiger partial charge is 0.408 e. The van der Waals surface area contributed by atoms with Crippen LogP contribution in [0.25, 0.3) is 0 Å². The lowest BCUT2D eigenvalue weighted by molar-refractivity contribution is -0.145. The molecule has 46 heavy (non-hydrogen) atoms. The number of benzene rings is 1. The highest BCUT2D eigenvalue weighted by Crippen LogP contribution is 2.23. The van der Waals surface area contributed by atoms with E-state index in [9.17, 15) is 23.6 Å². The van der Waals surface area contributed by atoms with Crippen LogP contribution in [0.4, 0.5) is 15.0 Å². The van der Waals surface area contributed by atoms with Crippen molar-refractivity contribution in [3.8, 4) is 0 Å². The monoisotopic (exact) mass is 641 g/mol. The van der Waals surface area contributed by atoms with Crippen LogP contribution in [0.15, 0.2) is 60.6 Å². The van der Waals surface area contributed by atoms with Gasteiger partial charge in [0.15, 0.2) is 11.9 Å². The molecule has 1 heterocycles. The molecular formula is C33H44FN5O7. The molecule has 0 saturated heterocycles. The van der Waals surface area contributed by atoms with Crippen LogP contribution in [0.2, 0.25) is 0 Å². The fourth-order valence-electron chi connectivity index (χ4n) is 4.46. The molecule has 0 aliphatic heterocycles. The third kappa shape index (κ3) is 10.5. The molecule has 12 nitrogen and oxygen atoms in total. The van der Waals surface area contributed by atoms with Crippen LogP contribution in [0.3, 0.4) is 0 Å². The summed E-state index contributed by atoms with van der Waals surface area (Å²) in [6.45, 7) is 12.0. The standard InChI is InChI=1S/C33H44FN5O7/c1-8-45-29(41)27(22-13-15-24(34)16-14-22)39-17-26(35-20-39)37-28(40)25(19-44-18-23-12-10-9-11-21(23)2)36-30(42)33(6,7)38-31(43)46-32(3,4)5/h9-10,12-17,20-21,25,27H,8,11,18-19H2,1-7H3,(H,36,42)(H,37,40)(H,38,43). The van der Waals surface area contributed by atoms with Crippen molar-refractivity contribution in [3.05, 3.63) is 72.0 Å². The SMILES string of the molecule is CCOC(=O)C(c1ccc(F)cc1)n1cnc(NC(=O)C(COCC2=CC=CCC2C)NC(=O)C(C)(C)NC(=O)OC(C)(C)C)c1. The molecule has 0 saturated carbocycles. The Bertz CT molecular complexity index is 1440. The van der Waals surface area contributed by atoms with Crippen LogP contribution in [0.1, 0.15) is 66.5 Å². The van der Waals surface area contributed by atoms with Crippen LogP contribution in [0, 0.1) is 11.7 Å². The number of nitrogens with zero attached hydrogens (tertiary/aromatic N) is 2. The van der Waals surface area contributed by atoms with Crippen molar-refractivity contribution in [2.75, 3.05) is 25.1 Å². The molecule has 250 valence electrons. The summed E-state index contributed by atoms with van der Waals surface area (Å²) in [5.41, 5.74) is -0.728. The number of carbonyl (C=O) groups is 4. The van der Waals surface area contributed by atoms with E-state index >= 15 is 0 Å². The van der Waals surface area contributed by atoms with Gasteiger partial charge in [0, 0.05) is 6.20 Å². The topological polar surface area (TPSA) is 150 Å². The first-order valence-electron chi connectivity index (χ1n) is 15.1. The minimum atomic E-state index is -1.45. The largest absolute Gasteiger partial charge is 0.464 e. The summed E-state index contributed by atoms with van der Waals surface area (Å²) in [5, 5.41) is 7.86. The number of aromatic nitrogens is 2. The minimum absolute atomic E-state index is 0.0838. The Kier molecular flexibility index (Phi) is 12.2. The summed E-state index contributed by atoms with van der Waals surface area (Å²) in [7, 11) is 0. The average Bonchev–Trinajstić information content (AvgIpc) is 3.40. The summed E-state index contributed by atoms with van der Waals surface area (Å²) < 4.78 is 31.4. The normalized spacial score (nSPS) is 16.1. The molecule has 1 aliphatic rings. The van der Waals surface area contributed by atoms with Gasteiger partial charge in [0.1, 0.15) is 23.0 Å². The summed E-state index contributed by atoms with van der Waals surface area (Å²) in [4.78, 5) is 56.3. The van der Waals surface area contributed by atoms with Crippen molar-refractivity contribution in [2.24, 2.45) is 5.92 Å². The number of imidazole rings is 1. The fourth-order valence-corrected chi connectivity index (χ4v) is 4.46. The number of hydrogen-bond donors (Lipinski definition) is 3. The van der Waals surface area contributed by atoms with Crippen molar-refractivity contribution in [3.63, 3.8) is 0 Å². The lowest BCUT2D eigenvalue weighted by Gasteiger charge is -2.29. The number of carbonyl (C=O) groups excluding carboxylic acids is 4. The van der Waals surface area contributed by atoms with Gasteiger partial charge in [-0.2, -0.15) is 0 Å². The number of anilines is 1. The fraction of sp³-hybridized carbons (Fsp3) is 0.485. The van der Waals surface area contributed by atoms with E-state index in [4.69, 9.17) is 14.2 Å². The van der Waals surface area contributed by atoms with E-state index in [0.29, 0.717) is 5.56 Å². The third-order valence-corrected chi connectivity index (χ3v) is 6.97. The van der Waals surface area contributed by atoms with Gasteiger partial charge in [0.2, 0.25) is 5.91 Å². The molecule has 13 heteroatoms. The first-order chi connectivity index (χ1) is 21.6. The van der Waals surface area contributed by atoms with E-state index in [1.165, 1.54) is 55.2 Å². The first kappa shape index (κ1) is 36.0. The number of halogens is 1. The van der Waals surface area contributed by atoms with Crippen molar-refractivity contribution >= 4 is 29.7 Å². The quantitative estimate of drug-likeness (QED) is 0.272. The van der Waals surface area contributed by atoms with Crippen LogP contribution in [0.5, 0.6) is 0 Å². The molecule has 3 atom stereocenters. The highest BCUT2D eigenvalue weighted by molar-refractivity contribution is 5.98. The van der Waals surface area contributed by atoms with Crippen molar-refractivity contribution in [1.82, 2.24) is 20.2 Å². The third-order valence-electron chi connectivity index (χ3n) is 6.97. The van der Waals surface area contributed by atoms with Crippen LogP contribution in [-0.4, -0.2) is 70.4 Å². The summed E-state index contributed by atoms with van der Waals surface area (Å²) in [5.74, 6) is -2.01. The number of rotatable bonds is 13. The molecule has 3 N–H and O–H groups in total. The number of amides is 3. The Morgan fingerprint density at radius 1 is 1.11 bits per heavy atom. The van der Waals surface area contributed by atoms with Gasteiger partial charge in [-0.25, -0.2) is 19.0 Å². The molecule has 1 aromatic heterocycles. The molecular weight excluding hydrogens is 597 g/mol. The lowest BCUT2D eigenvalue weighted by atomic mass is 9.94. The van der Waals surface area contributed by atoms with E-state index in [0.717, 1.165) is 12.0 Å². The van der Waals surface area contributed by atoms with E-state index < -0.39 is 52.9 Å². The highest BCUT2D eigenvalue weighted by Gasteiger charge is 2.35. The molecule has 3 amide bonds. The number of esters is 1. The van der Waals surface area contributed by atoms with Gasteiger partial charge >= 0.3 is 12.1 Å². The van der Waals surface area contributed by atoms with Crippen LogP contribution < -0.4 is 16.0 Å². The van der Waals surface area contributed by atoms with Gasteiger partial charge in [-0.15, -0.1) is 0 Å². The van der Waals surface area contributed by atoms with E-state index in [2.05, 4.69) is 33.9 Å². The predicted octanol–water partition coefficient (Wildman–Crippen LogP) is 4.44.